The van der Waals surface area contributed by atoms with Gasteiger partial charge in [-0.15, -0.1) is 0 Å². The summed E-state index contributed by atoms with van der Waals surface area (Å²) in [6.45, 7) is -3.88. The average Bonchev–Trinajstić information content (AvgIpc) is 3.22. The first-order valence-corrected chi connectivity index (χ1v) is 10.6. The number of pyridine rings is 1. The fourth-order valence-electron chi connectivity index (χ4n) is 3.79. The van der Waals surface area contributed by atoms with E-state index >= 15 is 0 Å². The molecule has 3 aromatic heterocycles. The van der Waals surface area contributed by atoms with Crippen molar-refractivity contribution in [2.24, 2.45) is 7.05 Å². The molecule has 2 aromatic carbocycles. The maximum absolute atomic E-state index is 13.7. The minimum absolute atomic E-state index is 0.0809. The Morgan fingerprint density at radius 2 is 1.69 bits per heavy atom. The van der Waals surface area contributed by atoms with Crippen LogP contribution in [0.3, 0.4) is 0 Å². The predicted molar refractivity (Wildman–Crippen MR) is 123 cm³/mol. The fraction of sp³-hybridized carbons (Fsp3) is 0.167. The molecule has 5 aromatic rings. The first kappa shape index (κ1) is 23.3. The lowest BCUT2D eigenvalue weighted by molar-refractivity contribution is -0.0498. The Kier molecular flexibility index (Phi) is 6.00. The number of nitrogens with zero attached hydrogens (tertiary/aromatic N) is 5. The van der Waals surface area contributed by atoms with E-state index in [1.807, 2.05) is 0 Å². The molecule has 36 heavy (non-hydrogen) atoms. The number of alkyl halides is 4. The number of aryl methyl sites for hydroxylation is 1. The highest BCUT2D eigenvalue weighted by molar-refractivity contribution is 5.91. The molecular weight excluding hydrogens is 482 g/mol. The smallest absolute Gasteiger partial charge is 0.387 e. The minimum Gasteiger partial charge on any atom is -0.472 e. The van der Waals surface area contributed by atoms with E-state index in [2.05, 4.69) is 19.9 Å². The monoisotopic (exact) mass is 499 g/mol. The maximum atomic E-state index is 13.7. The number of benzene rings is 2. The van der Waals surface area contributed by atoms with Gasteiger partial charge < -0.3 is 9.47 Å². The third-order valence-corrected chi connectivity index (χ3v) is 5.27. The molecule has 0 spiro atoms. The Hall–Kier alpha value is -4.48. The normalized spacial score (nSPS) is 11.6. The van der Waals surface area contributed by atoms with Crippen molar-refractivity contribution in [2.75, 3.05) is 6.61 Å². The fourth-order valence-corrected chi connectivity index (χ4v) is 3.79. The van der Waals surface area contributed by atoms with E-state index in [9.17, 15) is 22.4 Å². The molecule has 12 heteroatoms. The molecule has 0 radical (unpaired) electrons. The van der Waals surface area contributed by atoms with Gasteiger partial charge in [-0.1, -0.05) is 12.1 Å². The van der Waals surface area contributed by atoms with Gasteiger partial charge in [-0.2, -0.15) is 23.7 Å². The topological polar surface area (TPSA) is 84.1 Å². The molecule has 0 unspecified atom stereocenters. The zero-order valence-electron chi connectivity index (χ0n) is 18.6. The highest BCUT2D eigenvalue weighted by atomic mass is 19.3. The quantitative estimate of drug-likeness (QED) is 0.305. The van der Waals surface area contributed by atoms with Crippen LogP contribution in [-0.4, -0.2) is 44.2 Å². The summed E-state index contributed by atoms with van der Waals surface area (Å²) in [4.78, 5) is 17.9. The van der Waals surface area contributed by atoms with Crippen LogP contribution in [0.1, 0.15) is 0 Å². The molecule has 8 nitrogen and oxygen atoms in total. The van der Waals surface area contributed by atoms with Crippen LogP contribution in [-0.2, 0) is 7.05 Å². The van der Waals surface area contributed by atoms with E-state index in [4.69, 9.17) is 4.74 Å². The summed E-state index contributed by atoms with van der Waals surface area (Å²) >= 11 is 0. The van der Waals surface area contributed by atoms with E-state index in [0.29, 0.717) is 11.3 Å². The first-order valence-electron chi connectivity index (χ1n) is 10.6. The molecule has 0 amide bonds. The third kappa shape index (κ3) is 4.57. The van der Waals surface area contributed by atoms with Crippen LogP contribution >= 0.6 is 0 Å². The largest absolute Gasteiger partial charge is 0.472 e. The first-order chi connectivity index (χ1) is 17.3. The molecule has 0 aliphatic heterocycles. The van der Waals surface area contributed by atoms with Gasteiger partial charge in [0, 0.05) is 24.7 Å². The van der Waals surface area contributed by atoms with Crippen molar-refractivity contribution in [3.05, 3.63) is 71.1 Å². The molecule has 0 saturated carbocycles. The van der Waals surface area contributed by atoms with Crippen LogP contribution in [0.25, 0.3) is 38.8 Å². The van der Waals surface area contributed by atoms with E-state index in [-0.39, 0.29) is 28.2 Å². The highest BCUT2D eigenvalue weighted by Crippen LogP contribution is 2.28. The van der Waals surface area contributed by atoms with Crippen molar-refractivity contribution in [2.45, 2.75) is 13.0 Å². The second-order valence-electron chi connectivity index (χ2n) is 7.76. The van der Waals surface area contributed by atoms with Gasteiger partial charge in [0.05, 0.1) is 16.8 Å². The van der Waals surface area contributed by atoms with Crippen molar-refractivity contribution in [1.82, 2.24) is 24.5 Å². The van der Waals surface area contributed by atoms with Crippen LogP contribution in [0.4, 0.5) is 17.6 Å². The van der Waals surface area contributed by atoms with Gasteiger partial charge in [-0.05, 0) is 42.0 Å². The van der Waals surface area contributed by atoms with Crippen LogP contribution in [0.5, 0.6) is 11.6 Å². The molecule has 0 bridgehead atoms. The SMILES string of the molecule is Cn1cc2cc(-n3nc4ccc(OCC(F)F)nc4c(-c4ccc(OC(F)F)cc4)c3=O)ccc2n1. The Morgan fingerprint density at radius 3 is 2.42 bits per heavy atom. The third-order valence-electron chi connectivity index (χ3n) is 5.27. The molecular formula is C24H17F4N5O3. The van der Waals surface area contributed by atoms with E-state index < -0.39 is 25.2 Å². The van der Waals surface area contributed by atoms with E-state index in [0.717, 1.165) is 10.9 Å². The van der Waals surface area contributed by atoms with E-state index in [1.54, 1.807) is 36.1 Å². The molecule has 5 rings (SSSR count). The van der Waals surface area contributed by atoms with Crippen molar-refractivity contribution in [1.29, 1.82) is 0 Å². The maximum Gasteiger partial charge on any atom is 0.387 e. The number of hydrogen-bond acceptors (Lipinski definition) is 6. The molecule has 0 aliphatic rings. The summed E-state index contributed by atoms with van der Waals surface area (Å²) in [7, 11) is 1.78. The van der Waals surface area contributed by atoms with Gasteiger partial charge >= 0.3 is 6.61 Å². The lowest BCUT2D eigenvalue weighted by Gasteiger charge is -2.13. The number of aromatic nitrogens is 5. The summed E-state index contributed by atoms with van der Waals surface area (Å²) in [5.74, 6) is -0.208. The van der Waals surface area contributed by atoms with E-state index in [1.165, 1.54) is 41.1 Å². The van der Waals surface area contributed by atoms with Crippen molar-refractivity contribution in [3.8, 4) is 28.4 Å². The summed E-state index contributed by atoms with van der Waals surface area (Å²) in [5, 5.41) is 9.53. The number of rotatable bonds is 7. The Bertz CT molecular complexity index is 1620. The van der Waals surface area contributed by atoms with Gasteiger partial charge in [0.2, 0.25) is 5.88 Å². The zero-order chi connectivity index (χ0) is 25.4. The van der Waals surface area contributed by atoms with Crippen LogP contribution < -0.4 is 15.0 Å². The zero-order valence-corrected chi connectivity index (χ0v) is 18.6. The Labute approximate surface area is 200 Å². The molecule has 0 atom stereocenters. The lowest BCUT2D eigenvalue weighted by Crippen LogP contribution is -2.23. The van der Waals surface area contributed by atoms with Crippen LogP contribution in [0.15, 0.2) is 65.6 Å². The number of halogens is 4. The van der Waals surface area contributed by atoms with Crippen LogP contribution in [0, 0.1) is 0 Å². The molecule has 0 aliphatic carbocycles. The average molecular weight is 499 g/mol. The Balaban J connectivity index is 1.70. The molecule has 184 valence electrons. The standard InChI is InChI=1S/C24H17F4N5O3/c1-32-11-14-10-15(4-7-17(14)30-32)33-23(34)21(13-2-5-16(6-3-13)36-24(27)28)22-18(31-33)8-9-20(29-22)35-12-19(25)26/h2-11,19,24H,12H2,1H3. The van der Waals surface area contributed by atoms with Gasteiger partial charge in [0.25, 0.3) is 12.0 Å². The second-order valence-corrected chi connectivity index (χ2v) is 7.76. The summed E-state index contributed by atoms with van der Waals surface area (Å²) in [5.41, 5.74) is 1.43. The number of hydrogen-bond donors (Lipinski definition) is 0. The molecule has 0 saturated heterocycles. The number of ether oxygens (including phenoxy) is 2. The molecule has 3 heterocycles. The Morgan fingerprint density at radius 1 is 0.944 bits per heavy atom. The summed E-state index contributed by atoms with van der Waals surface area (Å²) in [6.07, 6.45) is -0.917. The van der Waals surface area contributed by atoms with Crippen molar-refractivity contribution >= 4 is 21.9 Å². The summed E-state index contributed by atoms with van der Waals surface area (Å²) in [6, 6.07) is 13.5. The van der Waals surface area contributed by atoms with Gasteiger partial charge in [0.1, 0.15) is 16.8 Å². The van der Waals surface area contributed by atoms with Crippen LogP contribution in [0.2, 0.25) is 0 Å². The van der Waals surface area contributed by atoms with Crippen molar-refractivity contribution in [3.63, 3.8) is 0 Å². The van der Waals surface area contributed by atoms with Gasteiger partial charge in [-0.3, -0.25) is 9.48 Å². The van der Waals surface area contributed by atoms with Gasteiger partial charge in [-0.25, -0.2) is 13.8 Å². The molecule has 0 N–H and O–H groups in total. The summed E-state index contributed by atoms with van der Waals surface area (Å²) < 4.78 is 62.7. The number of fused-ring (bicyclic) bond motifs is 2. The van der Waals surface area contributed by atoms with Gasteiger partial charge in [0.15, 0.2) is 6.61 Å². The lowest BCUT2D eigenvalue weighted by atomic mass is 10.1. The van der Waals surface area contributed by atoms with Crippen molar-refractivity contribution < 1.29 is 27.0 Å². The highest BCUT2D eigenvalue weighted by Gasteiger charge is 2.18. The second kappa shape index (κ2) is 9.29. The minimum atomic E-state index is -3.01. The molecule has 0 fully saturated rings. The predicted octanol–water partition coefficient (Wildman–Crippen LogP) is 4.58.